The first kappa shape index (κ1) is 17.8. The third kappa shape index (κ3) is 3.23. The number of hydrogen-bond donors (Lipinski definition) is 1. The molecule has 1 aliphatic heterocycles. The zero-order valence-electron chi connectivity index (χ0n) is 16.3. The second kappa shape index (κ2) is 6.93. The van der Waals surface area contributed by atoms with E-state index >= 15 is 0 Å². The summed E-state index contributed by atoms with van der Waals surface area (Å²) in [7, 11) is 0. The van der Waals surface area contributed by atoms with Gasteiger partial charge in [0.05, 0.1) is 11.6 Å². The lowest BCUT2D eigenvalue weighted by Gasteiger charge is -2.34. The molecule has 29 heavy (non-hydrogen) atoms. The molecule has 2 fully saturated rings. The molecular formula is C25H23N3O. The van der Waals surface area contributed by atoms with Crippen molar-refractivity contribution < 1.29 is 4.79 Å². The predicted octanol–water partition coefficient (Wildman–Crippen LogP) is 4.50. The molecule has 0 radical (unpaired) electrons. The highest BCUT2D eigenvalue weighted by Crippen LogP contribution is 2.54. The molecule has 3 aromatic rings. The Morgan fingerprint density at radius 1 is 1.00 bits per heavy atom. The molecule has 3 aromatic carbocycles. The van der Waals surface area contributed by atoms with E-state index < -0.39 is 0 Å². The average Bonchev–Trinajstić information content (AvgIpc) is 3.44. The van der Waals surface area contributed by atoms with Gasteiger partial charge in [-0.2, -0.15) is 5.26 Å². The van der Waals surface area contributed by atoms with Crippen LogP contribution >= 0.6 is 0 Å². The summed E-state index contributed by atoms with van der Waals surface area (Å²) in [5.41, 5.74) is 2.89. The molecule has 1 unspecified atom stereocenters. The van der Waals surface area contributed by atoms with Crippen LogP contribution in [-0.4, -0.2) is 25.0 Å². The van der Waals surface area contributed by atoms with Gasteiger partial charge in [-0.3, -0.25) is 4.79 Å². The van der Waals surface area contributed by atoms with Gasteiger partial charge in [-0.15, -0.1) is 0 Å². The van der Waals surface area contributed by atoms with E-state index in [1.54, 1.807) is 0 Å². The van der Waals surface area contributed by atoms with Crippen molar-refractivity contribution in [2.45, 2.75) is 25.3 Å². The number of fused-ring (bicyclic) bond motifs is 1. The Hall–Kier alpha value is -3.32. The maximum Gasteiger partial charge on any atom is 0.252 e. The smallest absolute Gasteiger partial charge is 0.252 e. The number of piperidine rings is 1. The molecular weight excluding hydrogens is 358 g/mol. The lowest BCUT2D eigenvalue weighted by atomic mass is 9.92. The third-order valence-electron chi connectivity index (χ3n) is 6.65. The molecule has 5 rings (SSSR count). The van der Waals surface area contributed by atoms with Crippen LogP contribution in [0.3, 0.4) is 0 Å². The number of carbonyl (C=O) groups excluding carboxylic acids is 1. The number of nitrogens with zero attached hydrogens (tertiary/aromatic N) is 2. The number of hydrogen-bond acceptors (Lipinski definition) is 3. The average molecular weight is 381 g/mol. The van der Waals surface area contributed by atoms with Gasteiger partial charge in [-0.25, -0.2) is 0 Å². The molecule has 0 bridgehead atoms. The number of amides is 1. The first-order chi connectivity index (χ1) is 14.2. The van der Waals surface area contributed by atoms with Gasteiger partial charge in [0.1, 0.15) is 0 Å². The van der Waals surface area contributed by atoms with E-state index in [1.165, 1.54) is 5.69 Å². The van der Waals surface area contributed by atoms with Gasteiger partial charge in [-0.1, -0.05) is 36.4 Å². The fourth-order valence-electron chi connectivity index (χ4n) is 4.72. The number of rotatable bonds is 3. The van der Waals surface area contributed by atoms with Gasteiger partial charge in [0, 0.05) is 30.4 Å². The lowest BCUT2D eigenvalue weighted by Crippen LogP contribution is -2.38. The summed E-state index contributed by atoms with van der Waals surface area (Å²) in [6.07, 6.45) is 3.26. The second-order valence-electron chi connectivity index (χ2n) is 8.26. The largest absolute Gasteiger partial charge is 0.371 e. The van der Waals surface area contributed by atoms with Crippen molar-refractivity contribution in [3.63, 3.8) is 0 Å². The molecule has 1 N–H and O–H groups in total. The van der Waals surface area contributed by atoms with E-state index in [0.29, 0.717) is 5.56 Å². The van der Waals surface area contributed by atoms with Crippen molar-refractivity contribution in [3.05, 3.63) is 77.9 Å². The quantitative estimate of drug-likeness (QED) is 0.727. The maximum absolute atomic E-state index is 12.9. The third-order valence-corrected chi connectivity index (χ3v) is 6.65. The van der Waals surface area contributed by atoms with Crippen LogP contribution in [0.4, 0.5) is 5.69 Å². The monoisotopic (exact) mass is 381 g/mol. The molecule has 4 nitrogen and oxygen atoms in total. The van der Waals surface area contributed by atoms with Crippen molar-refractivity contribution >= 4 is 22.4 Å². The van der Waals surface area contributed by atoms with Crippen molar-refractivity contribution in [2.24, 2.45) is 5.41 Å². The van der Waals surface area contributed by atoms with E-state index in [4.69, 9.17) is 5.26 Å². The zero-order chi connectivity index (χ0) is 19.8. The predicted molar refractivity (Wildman–Crippen MR) is 115 cm³/mol. The van der Waals surface area contributed by atoms with E-state index in [1.807, 2.05) is 66.7 Å². The number of nitrogens with one attached hydrogen (secondary N) is 1. The van der Waals surface area contributed by atoms with Crippen LogP contribution in [0.1, 0.15) is 35.2 Å². The molecule has 1 saturated carbocycles. The highest BCUT2D eigenvalue weighted by atomic mass is 16.1. The Bertz CT molecular complexity index is 1100. The number of nitriles is 1. The number of benzene rings is 3. The molecule has 1 heterocycles. The Balaban J connectivity index is 1.23. The summed E-state index contributed by atoms with van der Waals surface area (Å²) in [5.74, 6) is 0.0400. The van der Waals surface area contributed by atoms with Gasteiger partial charge >= 0.3 is 0 Å². The molecule has 1 aliphatic carbocycles. The SMILES string of the molecule is N#Cc1ccc(N2CCC3(CC2)CC3NC(=O)c2cccc3ccccc23)cc1. The van der Waals surface area contributed by atoms with E-state index in [2.05, 4.69) is 16.3 Å². The Morgan fingerprint density at radius 3 is 2.48 bits per heavy atom. The van der Waals surface area contributed by atoms with Crippen LogP contribution in [0.5, 0.6) is 0 Å². The van der Waals surface area contributed by atoms with Crippen molar-refractivity contribution in [1.29, 1.82) is 5.26 Å². The molecule has 4 heteroatoms. The zero-order valence-corrected chi connectivity index (χ0v) is 16.3. The van der Waals surface area contributed by atoms with E-state index in [9.17, 15) is 4.79 Å². The van der Waals surface area contributed by atoms with Crippen LogP contribution in [-0.2, 0) is 0 Å². The van der Waals surface area contributed by atoms with Crippen LogP contribution in [0.2, 0.25) is 0 Å². The Kier molecular flexibility index (Phi) is 4.24. The van der Waals surface area contributed by atoms with E-state index in [-0.39, 0.29) is 17.4 Å². The Labute approximate surface area is 170 Å². The Morgan fingerprint density at radius 2 is 1.72 bits per heavy atom. The number of anilines is 1. The standard InChI is InChI=1S/C25H23N3O/c26-17-18-8-10-20(11-9-18)28-14-12-25(13-15-28)16-23(25)27-24(29)22-7-3-5-19-4-1-2-6-21(19)22/h1-11,23H,12-16H2,(H,27,29). The van der Waals surface area contributed by atoms with Gasteiger partial charge in [0.15, 0.2) is 0 Å². The fourth-order valence-corrected chi connectivity index (χ4v) is 4.72. The minimum atomic E-state index is 0.0400. The minimum Gasteiger partial charge on any atom is -0.371 e. The normalized spacial score (nSPS) is 19.7. The van der Waals surface area contributed by atoms with E-state index in [0.717, 1.165) is 48.7 Å². The summed E-state index contributed by atoms with van der Waals surface area (Å²) in [4.78, 5) is 15.3. The fraction of sp³-hybridized carbons (Fsp3) is 0.280. The molecule has 0 aromatic heterocycles. The van der Waals surface area contributed by atoms with Crippen LogP contribution in [0, 0.1) is 16.7 Å². The molecule has 144 valence electrons. The van der Waals surface area contributed by atoms with Crippen LogP contribution < -0.4 is 10.2 Å². The van der Waals surface area contributed by atoms with Crippen molar-refractivity contribution in [2.75, 3.05) is 18.0 Å². The topological polar surface area (TPSA) is 56.1 Å². The molecule has 1 saturated heterocycles. The molecule has 1 atom stereocenters. The van der Waals surface area contributed by atoms with Crippen LogP contribution in [0.25, 0.3) is 10.8 Å². The summed E-state index contributed by atoms with van der Waals surface area (Å²) < 4.78 is 0. The van der Waals surface area contributed by atoms with Gasteiger partial charge in [0.2, 0.25) is 0 Å². The highest BCUT2D eigenvalue weighted by Gasteiger charge is 2.55. The van der Waals surface area contributed by atoms with Crippen molar-refractivity contribution in [1.82, 2.24) is 5.32 Å². The molecule has 2 aliphatic rings. The van der Waals surface area contributed by atoms with Gasteiger partial charge in [0.25, 0.3) is 5.91 Å². The van der Waals surface area contributed by atoms with Crippen LogP contribution in [0.15, 0.2) is 66.7 Å². The summed E-state index contributed by atoms with van der Waals surface area (Å²) in [6, 6.07) is 24.2. The first-order valence-corrected chi connectivity index (χ1v) is 10.2. The summed E-state index contributed by atoms with van der Waals surface area (Å²) in [5, 5.41) is 14.4. The molecule has 1 amide bonds. The van der Waals surface area contributed by atoms with Gasteiger partial charge < -0.3 is 10.2 Å². The summed E-state index contributed by atoms with van der Waals surface area (Å²) >= 11 is 0. The van der Waals surface area contributed by atoms with Gasteiger partial charge in [-0.05, 0) is 65.8 Å². The maximum atomic E-state index is 12.9. The first-order valence-electron chi connectivity index (χ1n) is 10.2. The lowest BCUT2D eigenvalue weighted by molar-refractivity contribution is 0.0945. The summed E-state index contributed by atoms with van der Waals surface area (Å²) in [6.45, 7) is 1.99. The molecule has 1 spiro atoms. The second-order valence-corrected chi connectivity index (χ2v) is 8.26. The number of carbonyl (C=O) groups is 1. The minimum absolute atomic E-state index is 0.0400. The van der Waals surface area contributed by atoms with Crippen molar-refractivity contribution in [3.8, 4) is 6.07 Å². The highest BCUT2D eigenvalue weighted by molar-refractivity contribution is 6.07.